The molecule has 1 aliphatic heterocycles. The molecule has 0 aromatic rings. The molecule has 1 fully saturated rings. The Morgan fingerprint density at radius 1 is 1.53 bits per heavy atom. The number of aliphatic imine (C=N–C) groups is 1. The summed E-state index contributed by atoms with van der Waals surface area (Å²) in [5.41, 5.74) is 0. The summed E-state index contributed by atoms with van der Waals surface area (Å²) in [6.07, 6.45) is 3.69. The minimum atomic E-state index is -2.91. The van der Waals surface area contributed by atoms with Crippen molar-refractivity contribution in [3.8, 4) is 0 Å². The number of hydrogen-bond donors (Lipinski definition) is 1. The summed E-state index contributed by atoms with van der Waals surface area (Å²) >= 11 is 0. The molecule has 0 aromatic carbocycles. The van der Waals surface area contributed by atoms with Crippen LogP contribution in [0.2, 0.25) is 0 Å². The number of hydrogen-bond acceptors (Lipinski definition) is 3. The smallest absolute Gasteiger partial charge is 0.193 e. The van der Waals surface area contributed by atoms with Crippen molar-refractivity contribution in [2.24, 2.45) is 10.9 Å². The Morgan fingerprint density at radius 3 is 2.76 bits per heavy atom. The second-order valence-electron chi connectivity index (χ2n) is 4.80. The van der Waals surface area contributed by atoms with Crippen LogP contribution in [-0.2, 0) is 9.84 Å². The summed E-state index contributed by atoms with van der Waals surface area (Å²) in [7, 11) is -1.17. The van der Waals surface area contributed by atoms with Gasteiger partial charge in [0.25, 0.3) is 0 Å². The Kier molecular flexibility index (Phi) is 5.24. The van der Waals surface area contributed by atoms with Gasteiger partial charge >= 0.3 is 0 Å². The van der Waals surface area contributed by atoms with E-state index in [-0.39, 0.29) is 5.75 Å². The molecule has 0 amide bonds. The molecule has 0 aliphatic carbocycles. The molecule has 1 aliphatic rings. The highest BCUT2D eigenvalue weighted by Gasteiger charge is 2.19. The van der Waals surface area contributed by atoms with Crippen LogP contribution >= 0.6 is 0 Å². The minimum Gasteiger partial charge on any atom is -0.355 e. The fraction of sp³-hybridized carbons (Fsp3) is 0.909. The summed E-state index contributed by atoms with van der Waals surface area (Å²) in [4.78, 5) is 6.41. The number of nitrogens with zero attached hydrogens (tertiary/aromatic N) is 2. The Bertz CT molecular complexity index is 365. The van der Waals surface area contributed by atoms with E-state index >= 15 is 0 Å². The van der Waals surface area contributed by atoms with Crippen molar-refractivity contribution in [2.75, 3.05) is 38.7 Å². The average Bonchev–Trinajstić information content (AvgIpc) is 2.23. The SMILES string of the molecule is CN=C(NCCS(C)(=O)=O)N1CCCC(C)C1. The lowest BCUT2D eigenvalue weighted by Crippen LogP contribution is -2.47. The largest absolute Gasteiger partial charge is 0.355 e. The van der Waals surface area contributed by atoms with E-state index in [0.717, 1.165) is 19.0 Å². The van der Waals surface area contributed by atoms with E-state index in [1.807, 2.05) is 0 Å². The van der Waals surface area contributed by atoms with Crippen molar-refractivity contribution in [2.45, 2.75) is 19.8 Å². The number of likely N-dealkylation sites (tertiary alicyclic amines) is 1. The molecule has 1 atom stereocenters. The van der Waals surface area contributed by atoms with Crippen molar-refractivity contribution >= 4 is 15.8 Å². The highest BCUT2D eigenvalue weighted by atomic mass is 32.2. The first-order valence-electron chi connectivity index (χ1n) is 6.05. The number of piperidine rings is 1. The highest BCUT2D eigenvalue weighted by Crippen LogP contribution is 2.15. The average molecular weight is 261 g/mol. The predicted molar refractivity (Wildman–Crippen MR) is 71.0 cm³/mol. The molecule has 1 saturated heterocycles. The van der Waals surface area contributed by atoms with Gasteiger partial charge in [-0.15, -0.1) is 0 Å². The van der Waals surface area contributed by atoms with E-state index in [2.05, 4.69) is 22.1 Å². The van der Waals surface area contributed by atoms with Crippen LogP contribution in [0, 0.1) is 5.92 Å². The predicted octanol–water partition coefficient (Wildman–Crippen LogP) is 0.338. The zero-order valence-corrected chi connectivity index (χ0v) is 11.8. The van der Waals surface area contributed by atoms with Crippen molar-refractivity contribution < 1.29 is 8.42 Å². The van der Waals surface area contributed by atoms with Gasteiger partial charge in [-0.05, 0) is 18.8 Å². The molecule has 0 spiro atoms. The first kappa shape index (κ1) is 14.3. The number of sulfone groups is 1. The third kappa shape index (κ3) is 5.39. The number of nitrogens with one attached hydrogen (secondary N) is 1. The van der Waals surface area contributed by atoms with E-state index in [1.54, 1.807) is 7.05 Å². The fourth-order valence-electron chi connectivity index (χ4n) is 2.06. The van der Waals surface area contributed by atoms with Gasteiger partial charge in [0.2, 0.25) is 0 Å². The summed E-state index contributed by atoms with van der Waals surface area (Å²) in [6, 6.07) is 0. The van der Waals surface area contributed by atoms with Crippen molar-refractivity contribution in [3.63, 3.8) is 0 Å². The standard InChI is InChI=1S/C11H23N3O2S/c1-10-5-4-7-14(9-10)11(12-2)13-6-8-17(3,15)16/h10H,4-9H2,1-3H3,(H,12,13). The highest BCUT2D eigenvalue weighted by molar-refractivity contribution is 7.90. The quantitative estimate of drug-likeness (QED) is 0.588. The molecule has 6 heteroatoms. The molecule has 5 nitrogen and oxygen atoms in total. The van der Waals surface area contributed by atoms with Crippen molar-refractivity contribution in [1.29, 1.82) is 0 Å². The molecule has 0 bridgehead atoms. The van der Waals surface area contributed by atoms with Crippen LogP contribution in [0.25, 0.3) is 0 Å². The molecule has 100 valence electrons. The zero-order chi connectivity index (χ0) is 12.9. The van der Waals surface area contributed by atoms with Gasteiger partial charge in [-0.2, -0.15) is 0 Å². The second kappa shape index (κ2) is 6.23. The number of guanidine groups is 1. The Labute approximate surface area is 104 Å². The lowest BCUT2D eigenvalue weighted by molar-refractivity contribution is 0.266. The number of rotatable bonds is 3. The van der Waals surface area contributed by atoms with Gasteiger partial charge in [0, 0.05) is 32.9 Å². The van der Waals surface area contributed by atoms with Crippen molar-refractivity contribution in [1.82, 2.24) is 10.2 Å². The zero-order valence-electron chi connectivity index (χ0n) is 10.9. The molecule has 1 N–H and O–H groups in total. The first-order chi connectivity index (χ1) is 7.92. The molecule has 1 heterocycles. The minimum absolute atomic E-state index is 0.148. The maximum absolute atomic E-state index is 11.0. The van der Waals surface area contributed by atoms with Crippen LogP contribution in [0.5, 0.6) is 0 Å². The van der Waals surface area contributed by atoms with Crippen LogP contribution in [-0.4, -0.2) is 58.0 Å². The van der Waals surface area contributed by atoms with Gasteiger partial charge in [0.1, 0.15) is 9.84 Å². The summed E-state index contributed by atoms with van der Waals surface area (Å²) in [5, 5.41) is 3.11. The lowest BCUT2D eigenvalue weighted by atomic mass is 10.0. The Hall–Kier alpha value is -0.780. The van der Waals surface area contributed by atoms with Gasteiger partial charge in [0.05, 0.1) is 5.75 Å². The second-order valence-corrected chi connectivity index (χ2v) is 7.06. The summed E-state index contributed by atoms with van der Waals surface area (Å²) in [6.45, 7) is 4.66. The molecule has 1 rings (SSSR count). The van der Waals surface area contributed by atoms with Gasteiger partial charge in [0.15, 0.2) is 5.96 Å². The normalized spacial score (nSPS) is 22.6. The van der Waals surface area contributed by atoms with E-state index in [1.165, 1.54) is 19.1 Å². The van der Waals surface area contributed by atoms with E-state index < -0.39 is 9.84 Å². The van der Waals surface area contributed by atoms with E-state index in [4.69, 9.17) is 0 Å². The monoisotopic (exact) mass is 261 g/mol. The maximum Gasteiger partial charge on any atom is 0.193 e. The van der Waals surface area contributed by atoms with Crippen LogP contribution in [0.3, 0.4) is 0 Å². The van der Waals surface area contributed by atoms with Gasteiger partial charge in [-0.3, -0.25) is 4.99 Å². The Balaban J connectivity index is 2.43. The Morgan fingerprint density at radius 2 is 2.24 bits per heavy atom. The molecular formula is C11H23N3O2S. The molecule has 0 saturated carbocycles. The maximum atomic E-state index is 11.0. The first-order valence-corrected chi connectivity index (χ1v) is 8.12. The topological polar surface area (TPSA) is 61.8 Å². The lowest BCUT2D eigenvalue weighted by Gasteiger charge is -2.33. The van der Waals surface area contributed by atoms with Crippen LogP contribution in [0.15, 0.2) is 4.99 Å². The molecule has 0 aromatic heterocycles. The third-order valence-electron chi connectivity index (χ3n) is 2.92. The molecule has 0 radical (unpaired) electrons. The summed E-state index contributed by atoms with van der Waals surface area (Å²) in [5.74, 6) is 1.65. The molecule has 17 heavy (non-hydrogen) atoms. The molecule has 1 unspecified atom stereocenters. The van der Waals surface area contributed by atoms with Gasteiger partial charge in [-0.25, -0.2) is 8.42 Å². The van der Waals surface area contributed by atoms with Crippen molar-refractivity contribution in [3.05, 3.63) is 0 Å². The van der Waals surface area contributed by atoms with Crippen LogP contribution in [0.1, 0.15) is 19.8 Å². The fourth-order valence-corrected chi connectivity index (χ4v) is 2.54. The van der Waals surface area contributed by atoms with Crippen LogP contribution < -0.4 is 5.32 Å². The van der Waals surface area contributed by atoms with Crippen LogP contribution in [0.4, 0.5) is 0 Å². The van der Waals surface area contributed by atoms with Gasteiger partial charge in [-0.1, -0.05) is 6.92 Å². The van der Waals surface area contributed by atoms with Gasteiger partial charge < -0.3 is 10.2 Å². The summed E-state index contributed by atoms with van der Waals surface area (Å²) < 4.78 is 22.1. The van der Waals surface area contributed by atoms with E-state index in [0.29, 0.717) is 12.5 Å². The third-order valence-corrected chi connectivity index (χ3v) is 3.87. The van der Waals surface area contributed by atoms with E-state index in [9.17, 15) is 8.42 Å². The molecular weight excluding hydrogens is 238 g/mol.